The second kappa shape index (κ2) is 6.25. The molecule has 120 valence electrons. The van der Waals surface area contributed by atoms with E-state index in [-0.39, 0.29) is 5.91 Å². The van der Waals surface area contributed by atoms with Crippen LogP contribution in [0.3, 0.4) is 0 Å². The zero-order chi connectivity index (χ0) is 14.9. The summed E-state index contributed by atoms with van der Waals surface area (Å²) in [6, 6.07) is 0.457. The van der Waals surface area contributed by atoms with Gasteiger partial charge in [0.25, 0.3) is 0 Å². The van der Waals surface area contributed by atoms with E-state index >= 15 is 0 Å². The average molecular weight is 294 g/mol. The number of nitrogens with one attached hydrogen (secondary N) is 2. The zero-order valence-corrected chi connectivity index (χ0v) is 13.5. The third kappa shape index (κ3) is 3.26. The molecule has 1 atom stereocenters. The summed E-state index contributed by atoms with van der Waals surface area (Å²) in [5.74, 6) is 2.99. The molecule has 4 saturated carbocycles. The molecule has 4 nitrogen and oxygen atoms in total. The average Bonchev–Trinajstić information content (AvgIpc) is 2.43. The fourth-order valence-corrected chi connectivity index (χ4v) is 5.53. The lowest BCUT2D eigenvalue weighted by atomic mass is 9.48. The number of carbonyl (C=O) groups is 1. The van der Waals surface area contributed by atoms with Crippen LogP contribution in [0.4, 0.5) is 0 Å². The molecule has 4 aliphatic carbocycles. The summed E-state index contributed by atoms with van der Waals surface area (Å²) in [6.45, 7) is 3.92. The summed E-state index contributed by atoms with van der Waals surface area (Å²) in [4.78, 5) is 11.8. The van der Waals surface area contributed by atoms with Crippen LogP contribution in [0, 0.1) is 23.2 Å². The molecule has 21 heavy (non-hydrogen) atoms. The maximum Gasteiger partial charge on any atom is 0.234 e. The predicted molar refractivity (Wildman–Crippen MR) is 83.0 cm³/mol. The van der Waals surface area contributed by atoms with E-state index in [0.717, 1.165) is 17.8 Å². The smallest absolute Gasteiger partial charge is 0.234 e. The van der Waals surface area contributed by atoms with Gasteiger partial charge in [-0.15, -0.1) is 0 Å². The van der Waals surface area contributed by atoms with Crippen molar-refractivity contribution in [3.8, 4) is 0 Å². The molecule has 0 spiro atoms. The van der Waals surface area contributed by atoms with E-state index in [1.54, 1.807) is 7.11 Å². The van der Waals surface area contributed by atoms with Crippen molar-refractivity contribution in [3.63, 3.8) is 0 Å². The highest BCUT2D eigenvalue weighted by Crippen LogP contribution is 2.61. The van der Waals surface area contributed by atoms with Gasteiger partial charge in [-0.2, -0.15) is 0 Å². The lowest BCUT2D eigenvalue weighted by Crippen LogP contribution is -2.56. The molecule has 0 aromatic carbocycles. The molecule has 4 fully saturated rings. The molecule has 4 bridgehead atoms. The van der Waals surface area contributed by atoms with Gasteiger partial charge in [0.2, 0.25) is 5.91 Å². The molecular weight excluding hydrogens is 264 g/mol. The van der Waals surface area contributed by atoms with Gasteiger partial charge in [0, 0.05) is 19.7 Å². The van der Waals surface area contributed by atoms with E-state index < -0.39 is 0 Å². The minimum atomic E-state index is 0.0867. The Bertz CT molecular complexity index is 348. The molecule has 0 aromatic rings. The van der Waals surface area contributed by atoms with Crippen LogP contribution in [0.1, 0.15) is 45.4 Å². The van der Waals surface area contributed by atoms with Gasteiger partial charge in [0.05, 0.1) is 13.2 Å². The summed E-state index contributed by atoms with van der Waals surface area (Å²) >= 11 is 0. The van der Waals surface area contributed by atoms with Gasteiger partial charge in [-0.3, -0.25) is 4.79 Å². The first-order valence-corrected chi connectivity index (χ1v) is 8.60. The fourth-order valence-electron chi connectivity index (χ4n) is 5.53. The molecule has 0 radical (unpaired) electrons. The largest absolute Gasteiger partial charge is 0.383 e. The minimum Gasteiger partial charge on any atom is -0.383 e. The summed E-state index contributed by atoms with van der Waals surface area (Å²) in [6.07, 6.45) is 8.59. The van der Waals surface area contributed by atoms with E-state index in [2.05, 4.69) is 17.6 Å². The minimum absolute atomic E-state index is 0.0867. The second-order valence-corrected chi connectivity index (χ2v) is 7.73. The monoisotopic (exact) mass is 294 g/mol. The van der Waals surface area contributed by atoms with E-state index in [4.69, 9.17) is 4.74 Å². The Labute approximate surface area is 128 Å². The van der Waals surface area contributed by atoms with Gasteiger partial charge in [-0.1, -0.05) is 0 Å². The Morgan fingerprint density at radius 3 is 2.29 bits per heavy atom. The van der Waals surface area contributed by atoms with Crippen molar-refractivity contribution in [3.05, 3.63) is 0 Å². The van der Waals surface area contributed by atoms with Crippen LogP contribution >= 0.6 is 0 Å². The number of rotatable bonds is 7. The standard InChI is InChI=1S/C17H30N2O2/c1-12(19-11-16(20)18-3-4-21-2)17-8-13-5-14(9-17)7-15(6-13)10-17/h12-15,19H,3-11H2,1-2H3,(H,18,20). The molecule has 4 heteroatoms. The third-order valence-corrected chi connectivity index (χ3v) is 6.20. The number of amides is 1. The Hall–Kier alpha value is -0.610. The summed E-state index contributed by atoms with van der Waals surface area (Å²) in [7, 11) is 1.65. The fraction of sp³-hybridized carbons (Fsp3) is 0.941. The first-order valence-electron chi connectivity index (χ1n) is 8.60. The first-order chi connectivity index (χ1) is 10.1. The Morgan fingerprint density at radius 2 is 1.76 bits per heavy atom. The predicted octanol–water partition coefficient (Wildman–Crippen LogP) is 1.94. The van der Waals surface area contributed by atoms with Crippen molar-refractivity contribution in [1.29, 1.82) is 0 Å². The summed E-state index contributed by atoms with van der Waals surface area (Å²) < 4.78 is 4.95. The molecule has 0 heterocycles. The third-order valence-electron chi connectivity index (χ3n) is 6.20. The van der Waals surface area contributed by atoms with Gasteiger partial charge in [-0.25, -0.2) is 0 Å². The van der Waals surface area contributed by atoms with Gasteiger partial charge in [0.1, 0.15) is 0 Å². The van der Waals surface area contributed by atoms with Gasteiger partial charge in [-0.05, 0) is 68.6 Å². The molecule has 0 saturated heterocycles. The maximum atomic E-state index is 11.8. The summed E-state index contributed by atoms with van der Waals surface area (Å²) in [5, 5.41) is 6.40. The molecule has 4 aliphatic rings. The zero-order valence-electron chi connectivity index (χ0n) is 13.5. The van der Waals surface area contributed by atoms with Gasteiger partial charge in [0.15, 0.2) is 0 Å². The maximum absolute atomic E-state index is 11.8. The Balaban J connectivity index is 1.49. The van der Waals surface area contributed by atoms with Crippen LogP contribution in [0.25, 0.3) is 0 Å². The van der Waals surface area contributed by atoms with Crippen LogP contribution in [0.2, 0.25) is 0 Å². The Kier molecular flexibility index (Phi) is 4.55. The van der Waals surface area contributed by atoms with E-state index in [9.17, 15) is 4.79 Å². The Morgan fingerprint density at radius 1 is 1.19 bits per heavy atom. The van der Waals surface area contributed by atoms with Crippen LogP contribution in [0.5, 0.6) is 0 Å². The normalized spacial score (nSPS) is 38.5. The topological polar surface area (TPSA) is 50.4 Å². The van der Waals surface area contributed by atoms with Crippen LogP contribution < -0.4 is 10.6 Å². The van der Waals surface area contributed by atoms with E-state index in [0.29, 0.717) is 31.2 Å². The summed E-state index contributed by atoms with van der Waals surface area (Å²) in [5.41, 5.74) is 0.474. The lowest BCUT2D eigenvalue weighted by Gasteiger charge is -2.59. The van der Waals surface area contributed by atoms with Crippen molar-refractivity contribution in [2.24, 2.45) is 23.2 Å². The molecule has 0 aromatic heterocycles. The van der Waals surface area contributed by atoms with Crippen LogP contribution in [-0.2, 0) is 9.53 Å². The molecule has 1 amide bonds. The number of hydrogen-bond acceptors (Lipinski definition) is 3. The number of hydrogen-bond donors (Lipinski definition) is 2. The highest BCUT2D eigenvalue weighted by Gasteiger charge is 2.52. The highest BCUT2D eigenvalue weighted by atomic mass is 16.5. The molecule has 0 aliphatic heterocycles. The van der Waals surface area contributed by atoms with Crippen LogP contribution in [-0.4, -0.2) is 38.8 Å². The number of ether oxygens (including phenoxy) is 1. The SMILES string of the molecule is COCCNC(=O)CNC(C)C12CC3CC(CC(C3)C1)C2. The number of carbonyl (C=O) groups excluding carboxylic acids is 1. The highest BCUT2D eigenvalue weighted by molar-refractivity contribution is 5.77. The lowest BCUT2D eigenvalue weighted by molar-refractivity contribution is -0.121. The molecule has 1 unspecified atom stereocenters. The quantitative estimate of drug-likeness (QED) is 0.706. The van der Waals surface area contributed by atoms with Gasteiger partial charge >= 0.3 is 0 Å². The van der Waals surface area contributed by atoms with Crippen molar-refractivity contribution in [1.82, 2.24) is 10.6 Å². The molecular formula is C17H30N2O2. The van der Waals surface area contributed by atoms with Crippen molar-refractivity contribution < 1.29 is 9.53 Å². The van der Waals surface area contributed by atoms with Crippen LogP contribution in [0.15, 0.2) is 0 Å². The number of methoxy groups -OCH3 is 1. The van der Waals surface area contributed by atoms with Crippen molar-refractivity contribution in [2.45, 2.75) is 51.5 Å². The van der Waals surface area contributed by atoms with Crippen molar-refractivity contribution >= 4 is 5.91 Å². The second-order valence-electron chi connectivity index (χ2n) is 7.73. The molecule has 4 rings (SSSR count). The van der Waals surface area contributed by atoms with E-state index in [1.165, 1.54) is 38.5 Å². The molecule has 2 N–H and O–H groups in total. The van der Waals surface area contributed by atoms with Crippen molar-refractivity contribution in [2.75, 3.05) is 26.8 Å². The first kappa shape index (κ1) is 15.3. The van der Waals surface area contributed by atoms with Gasteiger partial charge < -0.3 is 15.4 Å². The van der Waals surface area contributed by atoms with E-state index in [1.807, 2.05) is 0 Å².